The maximum atomic E-state index is 14.0. The van der Waals surface area contributed by atoms with Gasteiger partial charge in [-0.1, -0.05) is 34.1 Å². The standard InChI is InChI=1S/C27H30BrN3O5/c1-14-5-9-21-23(11-14)36-16(3)25(30-26(33)24(29)15(2)32)27(34)31(21)13-20-19-8-7-18(28)12-17(19)6-10-22(20)35-4/h5-12,15-16,24-25,32H,13,29H2,1-4H3,(H,30,33)/t15-,16-,24-,25-/m0/s1. The molecule has 2 amide bonds. The molecular formula is C27H30BrN3O5. The van der Waals surface area contributed by atoms with Crippen LogP contribution in [0.25, 0.3) is 10.8 Å². The van der Waals surface area contributed by atoms with Crippen molar-refractivity contribution in [3.8, 4) is 11.5 Å². The van der Waals surface area contributed by atoms with Crippen LogP contribution in [0.5, 0.6) is 11.5 Å². The summed E-state index contributed by atoms with van der Waals surface area (Å²) in [6, 6.07) is 13.2. The van der Waals surface area contributed by atoms with Crippen LogP contribution in [0.1, 0.15) is 25.0 Å². The van der Waals surface area contributed by atoms with Gasteiger partial charge in [0.15, 0.2) is 0 Å². The van der Waals surface area contributed by atoms with Crippen LogP contribution in [0, 0.1) is 6.92 Å². The number of ether oxygens (including phenoxy) is 2. The van der Waals surface area contributed by atoms with Crippen molar-refractivity contribution in [1.29, 1.82) is 0 Å². The molecule has 4 rings (SSSR count). The van der Waals surface area contributed by atoms with E-state index in [1.54, 1.807) is 18.9 Å². The van der Waals surface area contributed by atoms with Crippen LogP contribution in [0.15, 0.2) is 53.0 Å². The largest absolute Gasteiger partial charge is 0.496 e. The maximum absolute atomic E-state index is 14.0. The number of methoxy groups -OCH3 is 1. The molecule has 0 aliphatic carbocycles. The van der Waals surface area contributed by atoms with Gasteiger partial charge >= 0.3 is 0 Å². The van der Waals surface area contributed by atoms with E-state index in [4.69, 9.17) is 15.2 Å². The van der Waals surface area contributed by atoms with Gasteiger partial charge in [-0.3, -0.25) is 9.59 Å². The number of aliphatic hydroxyl groups is 1. The smallest absolute Gasteiger partial charge is 0.253 e. The molecule has 0 aromatic heterocycles. The van der Waals surface area contributed by atoms with Crippen LogP contribution >= 0.6 is 15.9 Å². The Balaban J connectivity index is 1.81. The molecule has 1 aliphatic rings. The third-order valence-electron chi connectivity index (χ3n) is 6.43. The first kappa shape index (κ1) is 25.9. The number of rotatable bonds is 6. The molecule has 0 saturated carbocycles. The molecule has 0 spiro atoms. The number of fused-ring (bicyclic) bond motifs is 2. The second-order valence-electron chi connectivity index (χ2n) is 9.08. The van der Waals surface area contributed by atoms with E-state index >= 15 is 0 Å². The van der Waals surface area contributed by atoms with Crippen molar-refractivity contribution >= 4 is 44.2 Å². The Bertz CT molecular complexity index is 1310. The number of carbonyl (C=O) groups excluding carboxylic acids is 2. The monoisotopic (exact) mass is 555 g/mol. The Morgan fingerprint density at radius 1 is 1.25 bits per heavy atom. The molecule has 0 fully saturated rings. The molecule has 36 heavy (non-hydrogen) atoms. The van der Waals surface area contributed by atoms with Crippen LogP contribution in [0.2, 0.25) is 0 Å². The fourth-order valence-electron chi connectivity index (χ4n) is 4.36. The van der Waals surface area contributed by atoms with E-state index < -0.39 is 30.2 Å². The SMILES string of the molecule is COc1ccc2cc(Br)ccc2c1CN1C(=O)[C@@H](NC(=O)[C@@H](N)[C@H](C)O)[C@H](C)Oc2cc(C)ccc21. The predicted molar refractivity (Wildman–Crippen MR) is 142 cm³/mol. The number of hydrogen-bond donors (Lipinski definition) is 3. The van der Waals surface area contributed by atoms with Crippen LogP contribution in [0.3, 0.4) is 0 Å². The van der Waals surface area contributed by atoms with Crippen molar-refractivity contribution in [2.24, 2.45) is 5.73 Å². The van der Waals surface area contributed by atoms with Gasteiger partial charge in [-0.05, 0) is 67.4 Å². The van der Waals surface area contributed by atoms with Gasteiger partial charge in [0.1, 0.15) is 29.7 Å². The highest BCUT2D eigenvalue weighted by Gasteiger charge is 2.39. The minimum Gasteiger partial charge on any atom is -0.496 e. The summed E-state index contributed by atoms with van der Waals surface area (Å²) in [7, 11) is 1.59. The first-order chi connectivity index (χ1) is 17.1. The molecule has 8 nitrogen and oxygen atoms in total. The second-order valence-corrected chi connectivity index (χ2v) is 10.00. The van der Waals surface area contributed by atoms with Gasteiger partial charge in [0.05, 0.1) is 25.4 Å². The topological polar surface area (TPSA) is 114 Å². The zero-order chi connectivity index (χ0) is 26.1. The number of carbonyl (C=O) groups is 2. The Morgan fingerprint density at radius 2 is 2.00 bits per heavy atom. The van der Waals surface area contributed by atoms with Crippen molar-refractivity contribution in [3.63, 3.8) is 0 Å². The van der Waals surface area contributed by atoms with Crippen molar-refractivity contribution in [2.45, 2.75) is 51.6 Å². The van der Waals surface area contributed by atoms with E-state index in [9.17, 15) is 14.7 Å². The van der Waals surface area contributed by atoms with E-state index in [0.717, 1.165) is 26.4 Å². The summed E-state index contributed by atoms with van der Waals surface area (Å²) in [4.78, 5) is 28.3. The summed E-state index contributed by atoms with van der Waals surface area (Å²) < 4.78 is 12.8. The van der Waals surface area contributed by atoms with Gasteiger partial charge in [0.25, 0.3) is 5.91 Å². The summed E-state index contributed by atoms with van der Waals surface area (Å²) in [5.74, 6) is 0.191. The number of amides is 2. The average Bonchev–Trinajstić information content (AvgIpc) is 2.93. The molecule has 3 aromatic carbocycles. The van der Waals surface area contributed by atoms with Gasteiger partial charge in [0.2, 0.25) is 5.91 Å². The molecule has 0 unspecified atom stereocenters. The van der Waals surface area contributed by atoms with Crippen molar-refractivity contribution < 1.29 is 24.2 Å². The van der Waals surface area contributed by atoms with Gasteiger partial charge in [0, 0.05) is 10.0 Å². The minimum absolute atomic E-state index is 0.182. The number of nitrogens with zero attached hydrogens (tertiary/aromatic N) is 1. The van der Waals surface area contributed by atoms with Gasteiger partial charge in [-0.25, -0.2) is 0 Å². The molecule has 1 heterocycles. The Kier molecular flexibility index (Phi) is 7.54. The number of nitrogens with one attached hydrogen (secondary N) is 1. The van der Waals surface area contributed by atoms with Gasteiger partial charge < -0.3 is 30.5 Å². The number of anilines is 1. The lowest BCUT2D eigenvalue weighted by atomic mass is 10.0. The molecule has 0 radical (unpaired) electrons. The first-order valence-electron chi connectivity index (χ1n) is 11.7. The third kappa shape index (κ3) is 5.04. The lowest BCUT2D eigenvalue weighted by Crippen LogP contribution is -2.58. The van der Waals surface area contributed by atoms with Crippen LogP contribution in [-0.2, 0) is 16.1 Å². The zero-order valence-corrected chi connectivity index (χ0v) is 22.2. The highest BCUT2D eigenvalue weighted by Crippen LogP contribution is 2.38. The zero-order valence-electron chi connectivity index (χ0n) is 20.6. The number of hydrogen-bond acceptors (Lipinski definition) is 6. The summed E-state index contributed by atoms with van der Waals surface area (Å²) in [5, 5.41) is 14.4. The van der Waals surface area contributed by atoms with E-state index in [-0.39, 0.29) is 12.5 Å². The van der Waals surface area contributed by atoms with Gasteiger partial charge in [-0.2, -0.15) is 0 Å². The van der Waals surface area contributed by atoms with E-state index in [1.807, 2.05) is 55.5 Å². The molecular weight excluding hydrogens is 526 g/mol. The fraction of sp³-hybridized carbons (Fsp3) is 0.333. The predicted octanol–water partition coefficient (Wildman–Crippen LogP) is 3.43. The molecule has 3 aromatic rings. The maximum Gasteiger partial charge on any atom is 0.253 e. The third-order valence-corrected chi connectivity index (χ3v) is 6.92. The number of halogens is 1. The number of nitrogens with two attached hydrogens (primary N) is 1. The normalized spacial score (nSPS) is 19.2. The highest BCUT2D eigenvalue weighted by molar-refractivity contribution is 9.10. The highest BCUT2D eigenvalue weighted by atomic mass is 79.9. The Hall–Kier alpha value is -3.14. The van der Waals surface area contributed by atoms with Crippen LogP contribution in [0.4, 0.5) is 5.69 Å². The molecule has 0 bridgehead atoms. The number of benzene rings is 3. The lowest BCUT2D eigenvalue weighted by molar-refractivity contribution is -0.131. The molecule has 1 aliphatic heterocycles. The second kappa shape index (κ2) is 10.5. The first-order valence-corrected chi connectivity index (χ1v) is 12.5. The number of aryl methyl sites for hydroxylation is 1. The molecule has 4 N–H and O–H groups in total. The Morgan fingerprint density at radius 3 is 2.69 bits per heavy atom. The number of aliphatic hydroxyl groups excluding tert-OH is 1. The molecule has 4 atom stereocenters. The molecule has 0 saturated heterocycles. The van der Waals surface area contributed by atoms with Crippen molar-refractivity contribution in [1.82, 2.24) is 5.32 Å². The quantitative estimate of drug-likeness (QED) is 0.429. The van der Waals surface area contributed by atoms with Crippen molar-refractivity contribution in [3.05, 3.63) is 64.1 Å². The minimum atomic E-state index is -1.18. The average molecular weight is 556 g/mol. The van der Waals surface area contributed by atoms with E-state index in [2.05, 4.69) is 21.2 Å². The Labute approximate surface area is 218 Å². The summed E-state index contributed by atoms with van der Waals surface area (Å²) in [5.41, 5.74) is 8.22. The summed E-state index contributed by atoms with van der Waals surface area (Å²) in [6.45, 7) is 5.28. The molecule has 190 valence electrons. The van der Waals surface area contributed by atoms with E-state index in [1.165, 1.54) is 6.92 Å². The lowest BCUT2D eigenvalue weighted by Gasteiger charge is -2.28. The molecule has 9 heteroatoms. The van der Waals surface area contributed by atoms with E-state index in [0.29, 0.717) is 17.2 Å². The summed E-state index contributed by atoms with van der Waals surface area (Å²) >= 11 is 3.52. The van der Waals surface area contributed by atoms with Crippen LogP contribution < -0.4 is 25.4 Å². The van der Waals surface area contributed by atoms with Gasteiger partial charge in [-0.15, -0.1) is 0 Å². The van der Waals surface area contributed by atoms with Crippen molar-refractivity contribution in [2.75, 3.05) is 12.0 Å². The fourth-order valence-corrected chi connectivity index (χ4v) is 4.74. The summed E-state index contributed by atoms with van der Waals surface area (Å²) in [6.07, 6.45) is -1.75. The van der Waals surface area contributed by atoms with Crippen LogP contribution in [-0.4, -0.2) is 48.3 Å².